The lowest BCUT2D eigenvalue weighted by molar-refractivity contribution is -0.118. The summed E-state index contributed by atoms with van der Waals surface area (Å²) in [5.74, 6) is -9.88. The average molecular weight is 362 g/mol. The summed E-state index contributed by atoms with van der Waals surface area (Å²) in [6, 6.07) is -0.665. The van der Waals surface area contributed by atoms with Crippen LogP contribution in [0.2, 0.25) is 0 Å². The summed E-state index contributed by atoms with van der Waals surface area (Å²) < 4.78 is 59.1. The number of rotatable bonds is 8. The zero-order valence-electron chi connectivity index (χ0n) is 13.1. The molecule has 0 heterocycles. The Morgan fingerprint density at radius 1 is 1.16 bits per heavy atom. The molecule has 0 bridgehead atoms. The molecule has 1 aromatic carbocycles. The number of halogens is 4. The molecule has 0 aliphatic rings. The van der Waals surface area contributed by atoms with Gasteiger partial charge < -0.3 is 10.5 Å². The predicted molar refractivity (Wildman–Crippen MR) is 77.9 cm³/mol. The maximum atomic E-state index is 13.7. The third-order valence-corrected chi connectivity index (χ3v) is 3.25. The number of esters is 1. The highest BCUT2D eigenvalue weighted by atomic mass is 19.2. The van der Waals surface area contributed by atoms with E-state index in [4.69, 9.17) is 11.3 Å². The van der Waals surface area contributed by atoms with Crippen LogP contribution in [0.3, 0.4) is 0 Å². The van der Waals surface area contributed by atoms with Crippen molar-refractivity contribution in [2.45, 2.75) is 32.2 Å². The van der Waals surface area contributed by atoms with Crippen LogP contribution in [0.5, 0.6) is 0 Å². The molecule has 0 spiro atoms. The van der Waals surface area contributed by atoms with E-state index in [1.54, 1.807) is 0 Å². The van der Waals surface area contributed by atoms with Gasteiger partial charge >= 0.3 is 5.97 Å². The monoisotopic (exact) mass is 362 g/mol. The van der Waals surface area contributed by atoms with E-state index in [0.717, 1.165) is 0 Å². The van der Waals surface area contributed by atoms with Crippen LogP contribution in [-0.4, -0.2) is 24.4 Å². The van der Waals surface area contributed by atoms with E-state index in [2.05, 4.69) is 9.85 Å². The first-order valence-electron chi connectivity index (χ1n) is 7.06. The van der Waals surface area contributed by atoms with Crippen LogP contribution in [0.15, 0.2) is 5.11 Å². The average Bonchev–Trinajstić information content (AvgIpc) is 2.56. The SMILES string of the molecule is CC(=O)C(N)CCCCOC(=O)c1c(F)c(F)c(N=[N+]=[N-])c(F)c1F. The Hall–Kier alpha value is -2.65. The molecular formula is C14H14F4N4O3. The zero-order valence-corrected chi connectivity index (χ0v) is 13.1. The van der Waals surface area contributed by atoms with E-state index >= 15 is 0 Å². The molecule has 0 aliphatic carbocycles. The second kappa shape index (κ2) is 9.00. The van der Waals surface area contributed by atoms with Crippen LogP contribution >= 0.6 is 0 Å². The zero-order chi connectivity index (χ0) is 19.1. The van der Waals surface area contributed by atoms with E-state index in [1.807, 2.05) is 4.91 Å². The number of ether oxygens (including phenoxy) is 1. The number of hydrogen-bond donors (Lipinski definition) is 1. The van der Waals surface area contributed by atoms with Gasteiger partial charge in [0, 0.05) is 4.91 Å². The van der Waals surface area contributed by atoms with Crippen LogP contribution < -0.4 is 5.73 Å². The molecule has 25 heavy (non-hydrogen) atoms. The molecule has 1 aromatic rings. The minimum Gasteiger partial charge on any atom is -0.462 e. The Morgan fingerprint density at radius 3 is 2.20 bits per heavy atom. The van der Waals surface area contributed by atoms with Crippen molar-refractivity contribution in [3.63, 3.8) is 0 Å². The van der Waals surface area contributed by atoms with Crippen molar-refractivity contribution in [3.05, 3.63) is 39.3 Å². The number of carbonyl (C=O) groups excluding carboxylic acids is 2. The van der Waals surface area contributed by atoms with E-state index in [0.29, 0.717) is 12.8 Å². The summed E-state index contributed by atoms with van der Waals surface area (Å²) in [5.41, 5.74) is 10.5. The first-order chi connectivity index (χ1) is 11.7. The number of benzene rings is 1. The van der Waals surface area contributed by atoms with Crippen LogP contribution in [0, 0.1) is 23.3 Å². The number of carbonyl (C=O) groups is 2. The van der Waals surface area contributed by atoms with Gasteiger partial charge in [0.25, 0.3) is 0 Å². The molecule has 0 saturated heterocycles. The smallest absolute Gasteiger partial charge is 0.344 e. The fourth-order valence-electron chi connectivity index (χ4n) is 1.84. The summed E-state index contributed by atoms with van der Waals surface area (Å²) in [4.78, 5) is 24.6. The van der Waals surface area contributed by atoms with Crippen LogP contribution in [0.4, 0.5) is 23.2 Å². The molecule has 0 amide bonds. The Labute approximate surface area is 139 Å². The molecule has 11 heteroatoms. The molecule has 0 aromatic heterocycles. The van der Waals surface area contributed by atoms with Crippen molar-refractivity contribution < 1.29 is 31.9 Å². The van der Waals surface area contributed by atoms with Gasteiger partial charge in [-0.15, -0.1) is 0 Å². The Kier molecular flexibility index (Phi) is 7.34. The van der Waals surface area contributed by atoms with Gasteiger partial charge in [0.15, 0.2) is 23.3 Å². The Balaban J connectivity index is 2.80. The molecule has 136 valence electrons. The molecule has 0 saturated carbocycles. The first kappa shape index (κ1) is 20.4. The molecule has 0 radical (unpaired) electrons. The second-order valence-corrected chi connectivity index (χ2v) is 5.02. The van der Waals surface area contributed by atoms with Gasteiger partial charge in [0.1, 0.15) is 17.0 Å². The number of azide groups is 1. The van der Waals surface area contributed by atoms with Gasteiger partial charge in [-0.3, -0.25) is 4.79 Å². The molecule has 1 unspecified atom stereocenters. The Bertz CT molecular complexity index is 706. The topological polar surface area (TPSA) is 118 Å². The molecule has 7 nitrogen and oxygen atoms in total. The number of ketones is 1. The molecule has 0 fully saturated rings. The van der Waals surface area contributed by atoms with E-state index < -0.39 is 46.5 Å². The van der Waals surface area contributed by atoms with E-state index in [-0.39, 0.29) is 18.8 Å². The lowest BCUT2D eigenvalue weighted by atomic mass is 10.1. The lowest BCUT2D eigenvalue weighted by Gasteiger charge is -2.10. The van der Waals surface area contributed by atoms with Crippen LogP contribution in [0.25, 0.3) is 10.4 Å². The largest absolute Gasteiger partial charge is 0.462 e. The van der Waals surface area contributed by atoms with E-state index in [1.165, 1.54) is 6.92 Å². The highest BCUT2D eigenvalue weighted by Crippen LogP contribution is 2.30. The minimum absolute atomic E-state index is 0.216. The number of Topliss-reactive ketones (excluding diaryl/α,β-unsaturated/α-hetero) is 1. The maximum Gasteiger partial charge on any atom is 0.344 e. The van der Waals surface area contributed by atoms with Crippen LogP contribution in [0.1, 0.15) is 36.5 Å². The molecule has 0 aliphatic heterocycles. The van der Waals surface area contributed by atoms with Crippen LogP contribution in [-0.2, 0) is 9.53 Å². The fraction of sp³-hybridized carbons (Fsp3) is 0.429. The Morgan fingerprint density at radius 2 is 1.72 bits per heavy atom. The predicted octanol–water partition coefficient (Wildman–Crippen LogP) is 3.43. The highest BCUT2D eigenvalue weighted by molar-refractivity contribution is 5.90. The molecular weight excluding hydrogens is 348 g/mol. The summed E-state index contributed by atoms with van der Waals surface area (Å²) in [6.07, 6.45) is 0.926. The van der Waals surface area contributed by atoms with Gasteiger partial charge in [-0.05, 0) is 31.7 Å². The van der Waals surface area contributed by atoms with Crippen molar-refractivity contribution >= 4 is 17.4 Å². The van der Waals surface area contributed by atoms with Crippen molar-refractivity contribution in [1.82, 2.24) is 0 Å². The first-order valence-corrected chi connectivity index (χ1v) is 7.06. The third kappa shape index (κ3) is 4.91. The summed E-state index contributed by atoms with van der Waals surface area (Å²) in [7, 11) is 0. The minimum atomic E-state index is -2.02. The summed E-state index contributed by atoms with van der Waals surface area (Å²) >= 11 is 0. The third-order valence-electron chi connectivity index (χ3n) is 3.25. The van der Waals surface area contributed by atoms with Gasteiger partial charge in [-0.2, -0.15) is 0 Å². The van der Waals surface area contributed by atoms with Crippen molar-refractivity contribution in [1.29, 1.82) is 0 Å². The maximum absolute atomic E-state index is 13.7. The van der Waals surface area contributed by atoms with Crippen molar-refractivity contribution in [2.75, 3.05) is 6.61 Å². The normalized spacial score (nSPS) is 11.6. The standard InChI is InChI=1S/C14H14F4N4O3/c1-6(23)7(19)4-2-3-5-25-14(24)8-9(15)11(17)13(21-22-20)12(18)10(8)16/h7H,2-5,19H2,1H3. The molecule has 2 N–H and O–H groups in total. The number of hydrogen-bond acceptors (Lipinski definition) is 5. The lowest BCUT2D eigenvalue weighted by Crippen LogP contribution is -2.28. The second-order valence-electron chi connectivity index (χ2n) is 5.02. The van der Waals surface area contributed by atoms with Gasteiger partial charge in [-0.25, -0.2) is 22.4 Å². The van der Waals surface area contributed by atoms with Gasteiger partial charge in [0.05, 0.1) is 12.6 Å². The summed E-state index contributed by atoms with van der Waals surface area (Å²) in [5, 5.41) is 2.50. The van der Waals surface area contributed by atoms with Gasteiger partial charge in [0.2, 0.25) is 0 Å². The molecule has 1 atom stereocenters. The quantitative estimate of drug-likeness (QED) is 0.145. The fourth-order valence-corrected chi connectivity index (χ4v) is 1.84. The number of nitrogens with zero attached hydrogens (tertiary/aromatic N) is 3. The van der Waals surface area contributed by atoms with E-state index in [9.17, 15) is 27.2 Å². The number of unbranched alkanes of at least 4 members (excludes halogenated alkanes) is 1. The van der Waals surface area contributed by atoms with Crippen molar-refractivity contribution in [2.24, 2.45) is 10.8 Å². The highest BCUT2D eigenvalue weighted by Gasteiger charge is 2.29. The van der Waals surface area contributed by atoms with Crippen molar-refractivity contribution in [3.8, 4) is 0 Å². The summed E-state index contributed by atoms with van der Waals surface area (Å²) in [6.45, 7) is 1.02. The molecule has 1 rings (SSSR count). The number of nitrogens with two attached hydrogens (primary N) is 1. The van der Waals surface area contributed by atoms with Gasteiger partial charge in [-0.1, -0.05) is 5.11 Å².